The molecule has 0 saturated carbocycles. The summed E-state index contributed by atoms with van der Waals surface area (Å²) in [5.74, 6) is 0. The maximum absolute atomic E-state index is 7.17. The van der Waals surface area contributed by atoms with Crippen molar-refractivity contribution >= 4 is 51.6 Å². The Bertz CT molecular complexity index is 2070. The summed E-state index contributed by atoms with van der Waals surface area (Å²) in [5.41, 5.74) is 9.61. The lowest BCUT2D eigenvalue weighted by atomic mass is 9.99. The minimum absolute atomic E-state index is 0.177. The van der Waals surface area contributed by atoms with E-state index >= 15 is 0 Å². The van der Waals surface area contributed by atoms with Gasteiger partial charge in [-0.2, -0.15) is 4.67 Å². The number of fused-ring (bicyclic) bond motifs is 7. The molecule has 0 radical (unpaired) electrons. The van der Waals surface area contributed by atoms with Crippen molar-refractivity contribution in [2.45, 2.75) is 52.6 Å². The molecule has 0 spiro atoms. The summed E-state index contributed by atoms with van der Waals surface area (Å²) in [6.45, 7) is 8.79. The van der Waals surface area contributed by atoms with Gasteiger partial charge in [0, 0.05) is 22.9 Å². The lowest BCUT2D eigenvalue weighted by Gasteiger charge is -2.28. The predicted octanol–water partition coefficient (Wildman–Crippen LogP) is 12.0. The van der Waals surface area contributed by atoms with Crippen LogP contribution in [0.1, 0.15) is 58.3 Å². The van der Waals surface area contributed by atoms with Crippen LogP contribution in [0.5, 0.6) is 0 Å². The molecule has 6 aromatic carbocycles. The molecule has 3 nitrogen and oxygen atoms in total. The molecule has 0 unspecified atom stereocenters. The van der Waals surface area contributed by atoms with Crippen molar-refractivity contribution in [2.75, 3.05) is 4.67 Å². The van der Waals surface area contributed by atoms with E-state index in [-0.39, 0.29) is 12.1 Å². The molecule has 1 aliphatic rings. The van der Waals surface area contributed by atoms with Crippen LogP contribution >= 0.6 is 8.16 Å². The number of benzene rings is 6. The Kier molecular flexibility index (Phi) is 6.63. The fourth-order valence-electron chi connectivity index (χ4n) is 7.52. The monoisotopic (exact) mass is 593 g/mol. The fraction of sp³-hybridized carbons (Fsp3) is 0.200. The van der Waals surface area contributed by atoms with Gasteiger partial charge in [0.05, 0.1) is 0 Å². The second-order valence-electron chi connectivity index (χ2n) is 12.6. The molecular formula is C40H36NO2P. The molecule has 7 aromatic rings. The van der Waals surface area contributed by atoms with Crippen LogP contribution in [-0.4, -0.2) is 0 Å². The average molecular weight is 594 g/mol. The summed E-state index contributed by atoms with van der Waals surface area (Å²) >= 11 is 0. The maximum atomic E-state index is 7.17. The van der Waals surface area contributed by atoms with Gasteiger partial charge in [-0.15, -0.1) is 0 Å². The predicted molar refractivity (Wildman–Crippen MR) is 186 cm³/mol. The van der Waals surface area contributed by atoms with E-state index in [1.807, 2.05) is 0 Å². The molecule has 4 heteroatoms. The van der Waals surface area contributed by atoms with E-state index in [0.717, 1.165) is 34.8 Å². The zero-order chi connectivity index (χ0) is 29.9. The zero-order valence-electron chi connectivity index (χ0n) is 25.7. The first kappa shape index (κ1) is 27.3. The summed E-state index contributed by atoms with van der Waals surface area (Å²) < 4.78 is 16.9. The van der Waals surface area contributed by atoms with E-state index in [1.165, 1.54) is 54.9 Å². The normalized spacial score (nSPS) is 17.3. The van der Waals surface area contributed by atoms with Gasteiger partial charge in [-0.05, 0) is 85.3 Å². The molecule has 1 aliphatic heterocycles. The second-order valence-corrected chi connectivity index (χ2v) is 13.9. The second kappa shape index (κ2) is 10.7. The van der Waals surface area contributed by atoms with E-state index < -0.39 is 8.16 Å². The Labute approximate surface area is 259 Å². The topological polar surface area (TPSA) is 29.5 Å². The van der Waals surface area contributed by atoms with Gasteiger partial charge in [-0.3, -0.25) is 0 Å². The fourth-order valence-corrected chi connectivity index (χ4v) is 9.34. The average Bonchev–Trinajstić information content (AvgIpc) is 3.37. The summed E-state index contributed by atoms with van der Waals surface area (Å²) in [6, 6.07) is 40.2. The third-order valence-corrected chi connectivity index (χ3v) is 10.8. The Balaban J connectivity index is 1.47. The molecule has 0 amide bonds. The highest BCUT2D eigenvalue weighted by atomic mass is 31.1. The van der Waals surface area contributed by atoms with Gasteiger partial charge in [-0.25, -0.2) is 0 Å². The third-order valence-electron chi connectivity index (χ3n) is 9.18. The third kappa shape index (κ3) is 4.63. The Morgan fingerprint density at radius 2 is 0.932 bits per heavy atom. The van der Waals surface area contributed by atoms with Gasteiger partial charge in [0.25, 0.3) is 0 Å². The number of hydrogen-bond acceptors (Lipinski definition) is 3. The van der Waals surface area contributed by atoms with Crippen LogP contribution in [0.3, 0.4) is 0 Å². The Morgan fingerprint density at radius 3 is 1.36 bits per heavy atom. The SMILES string of the molecule is Cc1cc(C)cc([C@@H]2CC[C@@H](c3cc(C)cc(C)c3)N2p2oc3ccc4ccccc4c3c3c(ccc4ccccc43)o2)c1. The summed E-state index contributed by atoms with van der Waals surface area (Å²) in [4.78, 5) is 0. The van der Waals surface area contributed by atoms with Crippen LogP contribution < -0.4 is 4.67 Å². The van der Waals surface area contributed by atoms with Crippen molar-refractivity contribution in [1.82, 2.24) is 0 Å². The molecule has 0 bridgehead atoms. The van der Waals surface area contributed by atoms with E-state index in [2.05, 4.69) is 142 Å². The smallest absolute Gasteiger partial charge is 0.310 e. The highest BCUT2D eigenvalue weighted by Gasteiger charge is 2.40. The molecule has 2 atom stereocenters. The van der Waals surface area contributed by atoms with E-state index in [1.54, 1.807) is 0 Å². The molecule has 0 aliphatic carbocycles. The van der Waals surface area contributed by atoms with Gasteiger partial charge in [0.15, 0.2) is 0 Å². The number of rotatable bonds is 3. The van der Waals surface area contributed by atoms with Crippen molar-refractivity contribution in [2.24, 2.45) is 0 Å². The molecule has 2 heterocycles. The largest absolute Gasteiger partial charge is 0.408 e. The summed E-state index contributed by atoms with van der Waals surface area (Å²) in [6.07, 6.45) is 2.09. The lowest BCUT2D eigenvalue weighted by molar-refractivity contribution is 0.593. The lowest BCUT2D eigenvalue weighted by Crippen LogP contribution is -2.23. The van der Waals surface area contributed by atoms with E-state index in [0.29, 0.717) is 0 Å². The van der Waals surface area contributed by atoms with Crippen molar-refractivity contribution < 1.29 is 8.39 Å². The quantitative estimate of drug-likeness (QED) is 0.204. The first-order valence-corrected chi connectivity index (χ1v) is 16.7. The molecule has 1 fully saturated rings. The highest BCUT2D eigenvalue weighted by Crippen LogP contribution is 2.54. The van der Waals surface area contributed by atoms with Gasteiger partial charge < -0.3 is 8.39 Å². The Morgan fingerprint density at radius 1 is 0.523 bits per heavy atom. The molecule has 1 saturated heterocycles. The molecular weight excluding hydrogens is 557 g/mol. The minimum Gasteiger partial charge on any atom is -0.408 e. The van der Waals surface area contributed by atoms with Crippen LogP contribution in [0.4, 0.5) is 0 Å². The number of hydrogen-bond donors (Lipinski definition) is 0. The van der Waals surface area contributed by atoms with E-state index in [4.69, 9.17) is 8.39 Å². The summed E-state index contributed by atoms with van der Waals surface area (Å²) in [7, 11) is -1.51. The van der Waals surface area contributed by atoms with Crippen molar-refractivity contribution in [1.29, 1.82) is 0 Å². The van der Waals surface area contributed by atoms with Gasteiger partial charge in [0.1, 0.15) is 11.2 Å². The maximum Gasteiger partial charge on any atom is 0.310 e. The molecule has 8 rings (SSSR count). The zero-order valence-corrected chi connectivity index (χ0v) is 26.6. The van der Waals surface area contributed by atoms with Crippen LogP contribution in [0.15, 0.2) is 118 Å². The van der Waals surface area contributed by atoms with Crippen LogP contribution in [0, 0.1) is 27.7 Å². The molecule has 0 N–H and O–H groups in total. The molecule has 44 heavy (non-hydrogen) atoms. The van der Waals surface area contributed by atoms with Gasteiger partial charge >= 0.3 is 8.16 Å². The van der Waals surface area contributed by atoms with Crippen molar-refractivity contribution in [3.05, 3.63) is 143 Å². The van der Waals surface area contributed by atoms with Crippen molar-refractivity contribution in [3.63, 3.8) is 0 Å². The number of nitrogens with zero attached hydrogens (tertiary/aromatic N) is 1. The van der Waals surface area contributed by atoms with Gasteiger partial charge in [-0.1, -0.05) is 119 Å². The van der Waals surface area contributed by atoms with Crippen LogP contribution in [0.2, 0.25) is 0 Å². The molecule has 218 valence electrons. The minimum atomic E-state index is -1.51. The van der Waals surface area contributed by atoms with Crippen LogP contribution in [-0.2, 0) is 0 Å². The van der Waals surface area contributed by atoms with Gasteiger partial charge in [0.2, 0.25) is 0 Å². The summed E-state index contributed by atoms with van der Waals surface area (Å²) in [5, 5.41) is 6.99. The standard InChI is InChI=1S/C40H36NO2P/c1-25-19-26(2)22-31(21-25)35-15-16-36(32-23-27(3)20-28(4)24-32)41(35)44-42-37-17-13-29-9-5-7-11-33(29)39(37)40-34-12-8-6-10-30(34)14-18-38(40)43-44/h5-14,17-24,35-36H,15-16H2,1-4H3/t35-,36-/m0/s1. The van der Waals surface area contributed by atoms with Crippen LogP contribution in [0.25, 0.3) is 43.5 Å². The number of aryl methyl sites for hydroxylation is 4. The first-order chi connectivity index (χ1) is 21.4. The highest BCUT2D eigenvalue weighted by molar-refractivity contribution is 7.39. The van der Waals surface area contributed by atoms with Crippen molar-refractivity contribution in [3.8, 4) is 0 Å². The van der Waals surface area contributed by atoms with E-state index in [9.17, 15) is 0 Å². The Hall–Kier alpha value is -4.30. The molecule has 1 aromatic heterocycles. The first-order valence-electron chi connectivity index (χ1n) is 15.6.